The van der Waals surface area contributed by atoms with E-state index in [1.54, 1.807) is 0 Å². The van der Waals surface area contributed by atoms with Crippen LogP contribution in [0.3, 0.4) is 0 Å². The van der Waals surface area contributed by atoms with Gasteiger partial charge in [-0.3, -0.25) is 7.32 Å². The molecule has 0 aliphatic rings. The van der Waals surface area contributed by atoms with Gasteiger partial charge in [-0.15, -0.1) is 0 Å². The molecule has 3 nitrogen and oxygen atoms in total. The average molecular weight is 177 g/mol. The second kappa shape index (κ2) is 9.61. The summed E-state index contributed by atoms with van der Waals surface area (Å²) in [5.74, 6) is 0. The minimum atomic E-state index is -2.92. The fraction of sp³-hybridized carbons (Fsp3) is 0. The molecule has 6 heteroatoms. The maximum absolute atomic E-state index is 8.42. The van der Waals surface area contributed by atoms with E-state index in [0.29, 0.717) is 0 Å². The predicted octanol–water partition coefficient (Wildman–Crippen LogP) is -4.33. The van der Waals surface area contributed by atoms with Crippen molar-refractivity contribution in [1.82, 2.24) is 0 Å². The summed E-state index contributed by atoms with van der Waals surface area (Å²) in [6.07, 6.45) is 0. The fourth-order valence-corrected chi connectivity index (χ4v) is 0. The van der Waals surface area contributed by atoms with Gasteiger partial charge in [-0.05, 0) is 0 Å². The van der Waals surface area contributed by atoms with Crippen molar-refractivity contribution in [3.8, 4) is 0 Å². The van der Waals surface area contributed by atoms with Crippen molar-refractivity contribution in [3.05, 3.63) is 0 Å². The first-order valence-corrected chi connectivity index (χ1v) is 0.707. The standard InChI is InChI=1S/Al.BO3.Zr/c;2-1(3)4;/q+3;-3;. The van der Waals surface area contributed by atoms with Crippen LogP contribution in [0.15, 0.2) is 0 Å². The number of hydrogen-bond acceptors (Lipinski definition) is 3. The first kappa shape index (κ1) is 15.7. The van der Waals surface area contributed by atoms with Crippen molar-refractivity contribution in [1.29, 1.82) is 0 Å². The SMILES string of the molecule is [Al+3].[O-]B([O-])[O-].[Zr]. The Bertz CT molecular complexity index is 15.5. The van der Waals surface area contributed by atoms with E-state index in [1.807, 2.05) is 0 Å². The van der Waals surface area contributed by atoms with Crippen LogP contribution in [0, 0.1) is 0 Å². The minimum absolute atomic E-state index is 0. The van der Waals surface area contributed by atoms with Crippen LogP contribution in [-0.2, 0) is 26.2 Å². The average Bonchev–Trinajstić information content (AvgIpc) is 0.811. The molecule has 0 atom stereocenters. The summed E-state index contributed by atoms with van der Waals surface area (Å²) >= 11 is 0. The predicted molar refractivity (Wildman–Crippen MR) is 11.5 cm³/mol. The van der Waals surface area contributed by atoms with Gasteiger partial charge in [-0.2, -0.15) is 0 Å². The van der Waals surface area contributed by atoms with Crippen LogP contribution >= 0.6 is 0 Å². The summed E-state index contributed by atoms with van der Waals surface area (Å²) in [4.78, 5) is 0. The van der Waals surface area contributed by atoms with Gasteiger partial charge in [0.1, 0.15) is 0 Å². The van der Waals surface area contributed by atoms with Crippen LogP contribution in [0.25, 0.3) is 0 Å². The van der Waals surface area contributed by atoms with E-state index in [4.69, 9.17) is 15.1 Å². The Morgan fingerprint density at radius 1 is 1.00 bits per heavy atom. The summed E-state index contributed by atoms with van der Waals surface area (Å²) in [5.41, 5.74) is 0. The molecule has 0 aromatic carbocycles. The molecule has 0 saturated heterocycles. The molecule has 0 unspecified atom stereocenters. The summed E-state index contributed by atoms with van der Waals surface area (Å²) in [6, 6.07) is 0. The van der Waals surface area contributed by atoms with Gasteiger partial charge in [0.2, 0.25) is 0 Å². The second-order valence-corrected chi connectivity index (χ2v) is 0.289. The van der Waals surface area contributed by atoms with Crippen LogP contribution in [0.2, 0.25) is 0 Å². The van der Waals surface area contributed by atoms with Gasteiger partial charge < -0.3 is 15.1 Å². The zero-order valence-electron chi connectivity index (χ0n) is 2.88. The Balaban J connectivity index is -0.0000000450. The van der Waals surface area contributed by atoms with Crippen LogP contribution < -0.4 is 15.1 Å². The van der Waals surface area contributed by atoms with Gasteiger partial charge >= 0.3 is 17.4 Å². The molecule has 0 N–H and O–H groups in total. The summed E-state index contributed by atoms with van der Waals surface area (Å²) in [6.45, 7) is 0. The maximum Gasteiger partial charge on any atom is 3.00 e. The van der Waals surface area contributed by atoms with Crippen molar-refractivity contribution < 1.29 is 41.3 Å². The van der Waals surface area contributed by atoms with E-state index < -0.39 is 7.32 Å². The Hall–Kier alpha value is 1.36. The molecule has 0 heterocycles. The third-order valence-corrected chi connectivity index (χ3v) is 0. The van der Waals surface area contributed by atoms with Crippen molar-refractivity contribution in [3.63, 3.8) is 0 Å². The van der Waals surface area contributed by atoms with E-state index in [2.05, 4.69) is 0 Å². The fourth-order valence-electron chi connectivity index (χ4n) is 0. The van der Waals surface area contributed by atoms with E-state index in [0.717, 1.165) is 0 Å². The molecule has 6 heavy (non-hydrogen) atoms. The van der Waals surface area contributed by atoms with Crippen molar-refractivity contribution in [2.24, 2.45) is 0 Å². The third kappa shape index (κ3) is 55.1. The van der Waals surface area contributed by atoms with Crippen molar-refractivity contribution >= 4 is 24.7 Å². The molecule has 0 aliphatic heterocycles. The first-order chi connectivity index (χ1) is 1.73. The van der Waals surface area contributed by atoms with Crippen LogP contribution in [-0.4, -0.2) is 24.7 Å². The molecule has 0 aromatic rings. The molecule has 0 aliphatic carbocycles. The van der Waals surface area contributed by atoms with E-state index >= 15 is 0 Å². The van der Waals surface area contributed by atoms with Crippen molar-refractivity contribution in [2.75, 3.05) is 0 Å². The van der Waals surface area contributed by atoms with Gasteiger partial charge in [0.15, 0.2) is 0 Å². The van der Waals surface area contributed by atoms with Gasteiger partial charge in [-0.1, -0.05) is 0 Å². The molecule has 0 rings (SSSR count). The minimum Gasteiger partial charge on any atom is -0.907 e. The van der Waals surface area contributed by atoms with E-state index in [1.165, 1.54) is 0 Å². The molecule has 0 radical (unpaired) electrons. The zero-order valence-corrected chi connectivity index (χ0v) is 6.49. The Morgan fingerprint density at radius 3 is 1.00 bits per heavy atom. The first-order valence-electron chi connectivity index (χ1n) is 0.707. The van der Waals surface area contributed by atoms with Crippen LogP contribution in [0.5, 0.6) is 0 Å². The summed E-state index contributed by atoms with van der Waals surface area (Å²) < 4.78 is 0. The van der Waals surface area contributed by atoms with Crippen LogP contribution in [0.4, 0.5) is 0 Å². The Labute approximate surface area is 65.8 Å². The van der Waals surface area contributed by atoms with Crippen LogP contribution in [0.1, 0.15) is 0 Å². The molecule has 0 amide bonds. The molecule has 0 fully saturated rings. The quantitative estimate of drug-likeness (QED) is 0.351. The zero-order chi connectivity index (χ0) is 3.58. The maximum atomic E-state index is 8.42. The monoisotopic (exact) mass is 176 g/mol. The summed E-state index contributed by atoms with van der Waals surface area (Å²) in [5, 5.41) is 25.2. The summed E-state index contributed by atoms with van der Waals surface area (Å²) in [7, 11) is -2.92. The molecule has 0 aromatic heterocycles. The molecule has 0 bridgehead atoms. The van der Waals surface area contributed by atoms with Crippen molar-refractivity contribution in [2.45, 2.75) is 0 Å². The molecule has 0 saturated carbocycles. The van der Waals surface area contributed by atoms with E-state index in [-0.39, 0.29) is 43.6 Å². The largest absolute Gasteiger partial charge is 3.00 e. The number of hydrogen-bond donors (Lipinski definition) is 0. The normalized spacial score (nSPS) is 4.50. The Morgan fingerprint density at radius 2 is 1.00 bits per heavy atom. The third-order valence-electron chi connectivity index (χ3n) is 0. The van der Waals surface area contributed by atoms with Gasteiger partial charge in [0.25, 0.3) is 0 Å². The Kier molecular flexibility index (Phi) is 25.1. The van der Waals surface area contributed by atoms with E-state index in [9.17, 15) is 0 Å². The molecule has 28 valence electrons. The molecular formula is AlBO3Zr. The number of rotatable bonds is 0. The smallest absolute Gasteiger partial charge is 0.907 e. The topological polar surface area (TPSA) is 69.2 Å². The molecule has 0 spiro atoms. The van der Waals surface area contributed by atoms with Gasteiger partial charge in [0, 0.05) is 26.2 Å². The van der Waals surface area contributed by atoms with Gasteiger partial charge in [0.05, 0.1) is 0 Å². The second-order valence-electron chi connectivity index (χ2n) is 0.289. The van der Waals surface area contributed by atoms with Gasteiger partial charge in [-0.25, -0.2) is 0 Å². The molecular weight excluding hydrogens is 177 g/mol.